The summed E-state index contributed by atoms with van der Waals surface area (Å²) in [4.78, 5) is 0. The Morgan fingerprint density at radius 1 is 1.38 bits per heavy atom. The molecule has 0 spiro atoms. The zero-order valence-electron chi connectivity index (χ0n) is 9.37. The number of aromatic nitrogens is 2. The molecular formula is C12H14FN3. The van der Waals surface area contributed by atoms with Gasteiger partial charge in [0, 0.05) is 12.6 Å². The zero-order chi connectivity index (χ0) is 11.7. The van der Waals surface area contributed by atoms with Crippen molar-refractivity contribution >= 4 is 5.82 Å². The first-order chi connectivity index (χ1) is 7.63. The number of rotatable bonds is 2. The molecule has 3 nitrogen and oxygen atoms in total. The maximum absolute atomic E-state index is 12.6. The highest BCUT2D eigenvalue weighted by molar-refractivity contribution is 5.76. The first-order valence-electron chi connectivity index (χ1n) is 5.07. The minimum atomic E-state index is -0.465. The molecule has 0 fully saturated rings. The van der Waals surface area contributed by atoms with Crippen LogP contribution in [0.5, 0.6) is 0 Å². The normalized spacial score (nSPS) is 10.7. The van der Waals surface area contributed by atoms with E-state index in [0.717, 1.165) is 16.7 Å². The lowest BCUT2D eigenvalue weighted by Gasteiger charge is -2.06. The Balaban J connectivity index is 2.59. The maximum atomic E-state index is 12.6. The summed E-state index contributed by atoms with van der Waals surface area (Å²) in [5.74, 6) is 0.596. The van der Waals surface area contributed by atoms with Gasteiger partial charge >= 0.3 is 0 Å². The molecule has 2 aromatic rings. The van der Waals surface area contributed by atoms with E-state index in [0.29, 0.717) is 11.4 Å². The number of aryl methyl sites for hydroxylation is 2. The van der Waals surface area contributed by atoms with Gasteiger partial charge in [-0.25, -0.2) is 4.39 Å². The van der Waals surface area contributed by atoms with Crippen LogP contribution in [-0.4, -0.2) is 9.78 Å². The van der Waals surface area contributed by atoms with E-state index in [4.69, 9.17) is 5.73 Å². The minimum Gasteiger partial charge on any atom is -0.383 e. The third-order valence-corrected chi connectivity index (χ3v) is 2.73. The quantitative estimate of drug-likeness (QED) is 0.843. The number of nitrogens with zero attached hydrogens (tertiary/aromatic N) is 2. The molecule has 1 heterocycles. The van der Waals surface area contributed by atoms with Crippen LogP contribution in [0.3, 0.4) is 0 Å². The Hall–Kier alpha value is -1.84. The van der Waals surface area contributed by atoms with Crippen molar-refractivity contribution in [3.8, 4) is 11.1 Å². The van der Waals surface area contributed by atoms with Gasteiger partial charge in [-0.15, -0.1) is 0 Å². The molecule has 0 atom stereocenters. The maximum Gasteiger partial charge on any atom is 0.129 e. The van der Waals surface area contributed by atoms with Crippen LogP contribution in [0.4, 0.5) is 10.2 Å². The summed E-state index contributed by atoms with van der Waals surface area (Å²) in [7, 11) is 1.78. The van der Waals surface area contributed by atoms with Crippen LogP contribution < -0.4 is 5.73 Å². The zero-order valence-corrected chi connectivity index (χ0v) is 9.37. The van der Waals surface area contributed by atoms with Crippen LogP contribution >= 0.6 is 0 Å². The Morgan fingerprint density at radius 3 is 2.69 bits per heavy atom. The van der Waals surface area contributed by atoms with Crippen molar-refractivity contribution in [2.24, 2.45) is 7.05 Å². The molecule has 0 amide bonds. The number of hydrogen-bond acceptors (Lipinski definition) is 2. The van der Waals surface area contributed by atoms with Crippen LogP contribution in [0.25, 0.3) is 11.1 Å². The van der Waals surface area contributed by atoms with Crippen molar-refractivity contribution in [1.29, 1.82) is 0 Å². The Labute approximate surface area is 93.7 Å². The molecule has 0 saturated carbocycles. The third kappa shape index (κ3) is 1.66. The first kappa shape index (κ1) is 10.7. The smallest absolute Gasteiger partial charge is 0.129 e. The van der Waals surface area contributed by atoms with Crippen LogP contribution in [0.15, 0.2) is 24.4 Å². The van der Waals surface area contributed by atoms with Crippen molar-refractivity contribution in [2.75, 3.05) is 5.73 Å². The van der Waals surface area contributed by atoms with Gasteiger partial charge in [-0.1, -0.05) is 12.1 Å². The average Bonchev–Trinajstić information content (AvgIpc) is 2.61. The molecule has 4 heteroatoms. The van der Waals surface area contributed by atoms with Crippen molar-refractivity contribution in [3.63, 3.8) is 0 Å². The molecule has 0 aliphatic carbocycles. The second-order valence-corrected chi connectivity index (χ2v) is 3.85. The Kier molecular flexibility index (Phi) is 2.64. The van der Waals surface area contributed by atoms with Gasteiger partial charge in [-0.3, -0.25) is 4.68 Å². The van der Waals surface area contributed by atoms with Crippen LogP contribution in [0, 0.1) is 6.92 Å². The molecule has 0 unspecified atom stereocenters. The van der Waals surface area contributed by atoms with E-state index in [1.807, 2.05) is 19.1 Å². The van der Waals surface area contributed by atoms with Crippen molar-refractivity contribution in [3.05, 3.63) is 35.5 Å². The molecular weight excluding hydrogens is 205 g/mol. The van der Waals surface area contributed by atoms with Gasteiger partial charge in [0.25, 0.3) is 0 Å². The van der Waals surface area contributed by atoms with E-state index in [1.165, 1.54) is 0 Å². The molecule has 16 heavy (non-hydrogen) atoms. The van der Waals surface area contributed by atoms with E-state index in [-0.39, 0.29) is 0 Å². The van der Waals surface area contributed by atoms with E-state index in [2.05, 4.69) is 5.10 Å². The Morgan fingerprint density at radius 2 is 2.12 bits per heavy atom. The fourth-order valence-electron chi connectivity index (χ4n) is 1.70. The molecule has 0 radical (unpaired) electrons. The molecule has 84 valence electrons. The van der Waals surface area contributed by atoms with Gasteiger partial charge < -0.3 is 5.73 Å². The van der Waals surface area contributed by atoms with Gasteiger partial charge in [-0.2, -0.15) is 5.10 Å². The SMILES string of the molecule is Cc1ccc(CF)cc1-c1cnn(C)c1N. The summed E-state index contributed by atoms with van der Waals surface area (Å²) in [5.41, 5.74) is 9.43. The third-order valence-electron chi connectivity index (χ3n) is 2.73. The topological polar surface area (TPSA) is 43.8 Å². The van der Waals surface area contributed by atoms with Crippen molar-refractivity contribution < 1.29 is 4.39 Å². The number of halogens is 1. The highest BCUT2D eigenvalue weighted by Gasteiger charge is 2.10. The number of alkyl halides is 1. The largest absolute Gasteiger partial charge is 0.383 e. The molecule has 0 aliphatic heterocycles. The molecule has 0 aliphatic rings. The molecule has 0 saturated heterocycles. The minimum absolute atomic E-state index is 0.465. The van der Waals surface area contributed by atoms with Crippen LogP contribution in [-0.2, 0) is 13.7 Å². The van der Waals surface area contributed by atoms with Crippen molar-refractivity contribution in [2.45, 2.75) is 13.6 Å². The second-order valence-electron chi connectivity index (χ2n) is 3.85. The predicted octanol–water partition coefficient (Wildman–Crippen LogP) is 2.45. The Bertz CT molecular complexity index is 517. The van der Waals surface area contributed by atoms with Gasteiger partial charge in [0.1, 0.15) is 12.5 Å². The lowest BCUT2D eigenvalue weighted by Crippen LogP contribution is -1.98. The number of nitrogen functional groups attached to an aromatic ring is 1. The van der Waals surface area contributed by atoms with E-state index < -0.39 is 6.67 Å². The van der Waals surface area contributed by atoms with Crippen LogP contribution in [0.1, 0.15) is 11.1 Å². The molecule has 1 aromatic heterocycles. The van der Waals surface area contributed by atoms with E-state index >= 15 is 0 Å². The number of anilines is 1. The summed E-state index contributed by atoms with van der Waals surface area (Å²) in [6, 6.07) is 5.50. The van der Waals surface area contributed by atoms with Gasteiger partial charge in [-0.05, 0) is 29.7 Å². The number of nitrogens with two attached hydrogens (primary N) is 1. The summed E-state index contributed by atoms with van der Waals surface area (Å²) in [6.45, 7) is 1.51. The fraction of sp³-hybridized carbons (Fsp3) is 0.250. The summed E-state index contributed by atoms with van der Waals surface area (Å²) in [6.07, 6.45) is 1.71. The summed E-state index contributed by atoms with van der Waals surface area (Å²) >= 11 is 0. The predicted molar refractivity (Wildman–Crippen MR) is 62.6 cm³/mol. The lowest BCUT2D eigenvalue weighted by atomic mass is 10.0. The van der Waals surface area contributed by atoms with Gasteiger partial charge in [0.05, 0.1) is 6.20 Å². The standard InChI is InChI=1S/C12H14FN3/c1-8-3-4-9(6-13)5-10(8)11-7-15-16(2)12(11)14/h3-5,7H,6,14H2,1-2H3. The molecule has 2 rings (SSSR count). The fourth-order valence-corrected chi connectivity index (χ4v) is 1.70. The summed E-state index contributed by atoms with van der Waals surface area (Å²) < 4.78 is 14.2. The highest BCUT2D eigenvalue weighted by atomic mass is 19.1. The van der Waals surface area contributed by atoms with E-state index in [1.54, 1.807) is 24.0 Å². The summed E-state index contributed by atoms with van der Waals surface area (Å²) in [5, 5.41) is 4.09. The number of hydrogen-bond donors (Lipinski definition) is 1. The molecule has 1 aromatic carbocycles. The second kappa shape index (κ2) is 3.96. The lowest BCUT2D eigenvalue weighted by molar-refractivity contribution is 0.485. The number of benzene rings is 1. The molecule has 2 N–H and O–H groups in total. The van der Waals surface area contributed by atoms with E-state index in [9.17, 15) is 4.39 Å². The van der Waals surface area contributed by atoms with Crippen LogP contribution in [0.2, 0.25) is 0 Å². The first-order valence-corrected chi connectivity index (χ1v) is 5.07. The highest BCUT2D eigenvalue weighted by Crippen LogP contribution is 2.29. The van der Waals surface area contributed by atoms with Crippen molar-refractivity contribution in [1.82, 2.24) is 9.78 Å². The monoisotopic (exact) mass is 219 g/mol. The average molecular weight is 219 g/mol. The molecule has 0 bridgehead atoms. The van der Waals surface area contributed by atoms with Gasteiger partial charge in [0.15, 0.2) is 0 Å². The van der Waals surface area contributed by atoms with Gasteiger partial charge in [0.2, 0.25) is 0 Å².